The van der Waals surface area contributed by atoms with Crippen molar-refractivity contribution in [3.8, 4) is 12.1 Å². The van der Waals surface area contributed by atoms with Gasteiger partial charge in [-0.05, 0) is 60.1 Å². The first kappa shape index (κ1) is 25.3. The van der Waals surface area contributed by atoms with Crippen molar-refractivity contribution in [2.24, 2.45) is 0 Å². The van der Waals surface area contributed by atoms with E-state index in [1.165, 1.54) is 0 Å². The van der Waals surface area contributed by atoms with E-state index in [9.17, 15) is 10.5 Å². The highest BCUT2D eigenvalue weighted by molar-refractivity contribution is 8.02. The van der Waals surface area contributed by atoms with Gasteiger partial charge in [0.05, 0.1) is 16.8 Å². The molecular weight excluding hydrogens is 473 g/mol. The molecule has 0 saturated heterocycles. The summed E-state index contributed by atoms with van der Waals surface area (Å²) in [6.07, 6.45) is 4.15. The van der Waals surface area contributed by atoms with Gasteiger partial charge in [0.2, 0.25) is 0 Å². The van der Waals surface area contributed by atoms with Crippen molar-refractivity contribution in [1.29, 1.82) is 10.5 Å². The van der Waals surface area contributed by atoms with Gasteiger partial charge in [-0.25, -0.2) is 0 Å². The minimum Gasteiger partial charge on any atom is -0.296 e. The molecule has 1 aromatic carbocycles. The lowest BCUT2D eigenvalue weighted by molar-refractivity contribution is 0.297. The highest BCUT2D eigenvalue weighted by Crippen LogP contribution is 2.34. The Labute approximate surface area is 208 Å². The fraction of sp³-hybridized carbons (Fsp3) is 0.458. The van der Waals surface area contributed by atoms with Crippen LogP contribution in [0.4, 0.5) is 0 Å². The highest BCUT2D eigenvalue weighted by Gasteiger charge is 2.12. The second-order valence-electron chi connectivity index (χ2n) is 7.29. The predicted molar refractivity (Wildman–Crippen MR) is 141 cm³/mol. The average Bonchev–Trinajstić information content (AvgIpc) is 2.83. The summed E-state index contributed by atoms with van der Waals surface area (Å²) in [4.78, 5) is 9.34. The Morgan fingerprint density at radius 2 is 1.41 bits per heavy atom. The maximum absolute atomic E-state index is 9.40. The molecule has 0 aliphatic carbocycles. The number of nitriles is 2. The molecule has 1 aromatic heterocycles. The summed E-state index contributed by atoms with van der Waals surface area (Å²) >= 11 is 7.68. The summed E-state index contributed by atoms with van der Waals surface area (Å²) in [6.45, 7) is 3.11. The van der Waals surface area contributed by atoms with Crippen LogP contribution in [0, 0.1) is 22.7 Å². The molecule has 8 heteroatoms. The van der Waals surface area contributed by atoms with Crippen molar-refractivity contribution in [2.75, 3.05) is 47.6 Å². The summed E-state index contributed by atoms with van der Waals surface area (Å²) in [5.74, 6) is 6.62. The molecule has 3 rings (SSSR count). The van der Waals surface area contributed by atoms with Crippen LogP contribution in [0.2, 0.25) is 0 Å². The van der Waals surface area contributed by atoms with Gasteiger partial charge in [-0.3, -0.25) is 9.88 Å². The number of rotatable bonds is 2. The van der Waals surface area contributed by atoms with Gasteiger partial charge in [-0.1, -0.05) is 6.07 Å². The molecule has 0 bridgehead atoms. The predicted octanol–water partition coefficient (Wildman–Crippen LogP) is 5.77. The molecular formula is C24H28N4S4. The van der Waals surface area contributed by atoms with E-state index in [0.29, 0.717) is 11.1 Å². The Bertz CT molecular complexity index is 869. The quantitative estimate of drug-likeness (QED) is 0.515. The fourth-order valence-electron chi connectivity index (χ4n) is 3.24. The van der Waals surface area contributed by atoms with E-state index in [0.717, 1.165) is 82.5 Å². The Hall–Kier alpha value is -1.29. The highest BCUT2D eigenvalue weighted by atomic mass is 32.2. The number of pyridine rings is 1. The second-order valence-corrected chi connectivity index (χ2v) is 12.0. The Morgan fingerprint density at radius 3 is 1.91 bits per heavy atom. The molecule has 0 amide bonds. The van der Waals surface area contributed by atoms with Gasteiger partial charge in [0, 0.05) is 47.1 Å². The van der Waals surface area contributed by atoms with Crippen molar-refractivity contribution >= 4 is 47.0 Å². The largest absolute Gasteiger partial charge is 0.296 e. The summed E-state index contributed by atoms with van der Waals surface area (Å²) < 4.78 is 0. The van der Waals surface area contributed by atoms with Gasteiger partial charge in [-0.15, -0.1) is 23.5 Å². The number of aromatic nitrogens is 1. The van der Waals surface area contributed by atoms with E-state index < -0.39 is 0 Å². The zero-order valence-electron chi connectivity index (χ0n) is 18.2. The molecule has 1 aliphatic rings. The molecule has 4 nitrogen and oxygen atoms in total. The first-order chi connectivity index (χ1) is 15.8. The average molecular weight is 501 g/mol. The maximum Gasteiger partial charge on any atom is 0.101 e. The smallest absolute Gasteiger partial charge is 0.101 e. The molecule has 2 aromatic rings. The first-order valence-electron chi connectivity index (χ1n) is 10.8. The number of hydrogen-bond donors (Lipinski definition) is 0. The number of nitrogens with zero attached hydrogens (tertiary/aromatic N) is 4. The molecule has 32 heavy (non-hydrogen) atoms. The maximum atomic E-state index is 9.40. The standard InChI is InChI=1S/C24H28N4S4/c25-17-20-15-23-24(16-21(20)18-26)32-12-4-10-30-14-8-28(7-13-29-9-3-11-31-23)19-22-5-1-2-6-27-22/h1-2,5-6,15-16H,3-4,7-14,19H2. The van der Waals surface area contributed by atoms with Crippen LogP contribution in [0.15, 0.2) is 46.3 Å². The summed E-state index contributed by atoms with van der Waals surface area (Å²) in [5.41, 5.74) is 2.12. The summed E-state index contributed by atoms with van der Waals surface area (Å²) in [5, 5.41) is 18.8. The molecule has 0 saturated carbocycles. The molecule has 0 atom stereocenters. The van der Waals surface area contributed by atoms with Crippen molar-refractivity contribution in [2.45, 2.75) is 29.2 Å². The molecule has 0 spiro atoms. The number of fused-ring (bicyclic) bond motifs is 1. The van der Waals surface area contributed by atoms with E-state index in [1.54, 1.807) is 0 Å². The van der Waals surface area contributed by atoms with Crippen LogP contribution < -0.4 is 0 Å². The van der Waals surface area contributed by atoms with Gasteiger partial charge < -0.3 is 0 Å². The van der Waals surface area contributed by atoms with Crippen molar-refractivity contribution in [3.05, 3.63) is 53.3 Å². The minimum absolute atomic E-state index is 0.489. The zero-order valence-corrected chi connectivity index (χ0v) is 21.4. The van der Waals surface area contributed by atoms with Crippen LogP contribution in [-0.4, -0.2) is 57.5 Å². The molecule has 1 aliphatic heterocycles. The molecule has 2 heterocycles. The van der Waals surface area contributed by atoms with Crippen LogP contribution in [0.1, 0.15) is 29.7 Å². The zero-order chi connectivity index (χ0) is 22.4. The van der Waals surface area contributed by atoms with Gasteiger partial charge in [-0.2, -0.15) is 34.0 Å². The third kappa shape index (κ3) is 8.57. The third-order valence-electron chi connectivity index (χ3n) is 4.92. The molecule has 0 fully saturated rings. The lowest BCUT2D eigenvalue weighted by Crippen LogP contribution is -2.28. The van der Waals surface area contributed by atoms with Crippen LogP contribution in [0.25, 0.3) is 0 Å². The summed E-state index contributed by atoms with van der Waals surface area (Å²) in [7, 11) is 0. The Morgan fingerprint density at radius 1 is 0.812 bits per heavy atom. The SMILES string of the molecule is N#Cc1cc2c(cc1C#N)SCCCSCCN(Cc1ccccn1)CCSCCCS2. The van der Waals surface area contributed by atoms with E-state index in [1.807, 2.05) is 71.4 Å². The summed E-state index contributed by atoms with van der Waals surface area (Å²) in [6, 6.07) is 14.4. The third-order valence-corrected chi connectivity index (χ3v) is 9.43. The molecule has 0 unspecified atom stereocenters. The monoisotopic (exact) mass is 500 g/mol. The number of benzene rings is 1. The van der Waals surface area contributed by atoms with E-state index in [4.69, 9.17) is 0 Å². The molecule has 168 valence electrons. The van der Waals surface area contributed by atoms with Crippen molar-refractivity contribution in [1.82, 2.24) is 9.88 Å². The normalized spacial score (nSPS) is 17.4. The van der Waals surface area contributed by atoms with Crippen LogP contribution in [0.3, 0.4) is 0 Å². The van der Waals surface area contributed by atoms with E-state index in [2.05, 4.69) is 34.2 Å². The second kappa shape index (κ2) is 14.8. The van der Waals surface area contributed by atoms with Gasteiger partial charge in [0.15, 0.2) is 0 Å². The van der Waals surface area contributed by atoms with Gasteiger partial charge in [0.25, 0.3) is 0 Å². The van der Waals surface area contributed by atoms with Crippen LogP contribution in [-0.2, 0) is 6.54 Å². The topological polar surface area (TPSA) is 63.7 Å². The van der Waals surface area contributed by atoms with Crippen LogP contribution >= 0.6 is 47.0 Å². The molecule has 0 radical (unpaired) electrons. The van der Waals surface area contributed by atoms with E-state index in [-0.39, 0.29) is 0 Å². The lowest BCUT2D eigenvalue weighted by Gasteiger charge is -2.21. The fourth-order valence-corrected chi connectivity index (χ4v) is 7.66. The molecule has 0 N–H and O–H groups in total. The number of thioether (sulfide) groups is 4. The Kier molecular flexibility index (Phi) is 11.7. The Balaban J connectivity index is 1.59. The minimum atomic E-state index is 0.489. The van der Waals surface area contributed by atoms with Gasteiger partial charge >= 0.3 is 0 Å². The van der Waals surface area contributed by atoms with Crippen molar-refractivity contribution in [3.63, 3.8) is 0 Å². The van der Waals surface area contributed by atoms with Crippen LogP contribution in [0.5, 0.6) is 0 Å². The first-order valence-corrected chi connectivity index (χ1v) is 15.1. The number of hydrogen-bond acceptors (Lipinski definition) is 8. The van der Waals surface area contributed by atoms with E-state index >= 15 is 0 Å². The van der Waals surface area contributed by atoms with Crippen molar-refractivity contribution < 1.29 is 0 Å². The lowest BCUT2D eigenvalue weighted by atomic mass is 10.1. The van der Waals surface area contributed by atoms with Gasteiger partial charge in [0.1, 0.15) is 12.1 Å².